The summed E-state index contributed by atoms with van der Waals surface area (Å²) in [5.41, 5.74) is 1.02. The van der Waals surface area contributed by atoms with Crippen molar-refractivity contribution in [1.82, 2.24) is 15.6 Å². The molecule has 0 aromatic carbocycles. The third kappa shape index (κ3) is 4.40. The number of carbonyl (C=O) groups is 1. The van der Waals surface area contributed by atoms with Crippen molar-refractivity contribution in [2.75, 3.05) is 13.1 Å². The maximum atomic E-state index is 11.5. The first-order valence-corrected chi connectivity index (χ1v) is 5.64. The number of aromatic nitrogens is 1. The topological polar surface area (TPSA) is 54.0 Å². The fourth-order valence-electron chi connectivity index (χ4n) is 1.39. The highest BCUT2D eigenvalue weighted by Gasteiger charge is 2.08. The number of hydrogen-bond acceptors (Lipinski definition) is 3. The van der Waals surface area contributed by atoms with E-state index in [4.69, 9.17) is 0 Å². The Hall–Kier alpha value is -1.42. The van der Waals surface area contributed by atoms with Crippen LogP contribution in [0.5, 0.6) is 0 Å². The Morgan fingerprint density at radius 3 is 3.00 bits per heavy atom. The van der Waals surface area contributed by atoms with E-state index in [9.17, 15) is 4.79 Å². The maximum Gasteiger partial charge on any atom is 0.234 e. The van der Waals surface area contributed by atoms with Gasteiger partial charge in [0.1, 0.15) is 0 Å². The van der Waals surface area contributed by atoms with E-state index in [-0.39, 0.29) is 11.9 Å². The van der Waals surface area contributed by atoms with Crippen LogP contribution in [0.15, 0.2) is 24.5 Å². The van der Waals surface area contributed by atoms with Crippen LogP contribution in [-0.2, 0) is 4.79 Å². The molecule has 0 bridgehead atoms. The van der Waals surface area contributed by atoms with Crippen molar-refractivity contribution in [3.05, 3.63) is 30.1 Å². The van der Waals surface area contributed by atoms with Crippen LogP contribution in [0.1, 0.15) is 31.9 Å². The van der Waals surface area contributed by atoms with E-state index in [1.54, 1.807) is 12.4 Å². The van der Waals surface area contributed by atoms with Crippen molar-refractivity contribution in [2.24, 2.45) is 0 Å². The van der Waals surface area contributed by atoms with E-state index in [1.807, 2.05) is 19.1 Å². The number of pyridine rings is 1. The molecule has 0 fully saturated rings. The highest BCUT2D eigenvalue weighted by Crippen LogP contribution is 2.08. The molecule has 1 aromatic heterocycles. The molecule has 1 atom stereocenters. The summed E-state index contributed by atoms with van der Waals surface area (Å²) in [5.74, 6) is 0.0183. The van der Waals surface area contributed by atoms with E-state index in [0.29, 0.717) is 6.54 Å². The number of nitrogens with zero attached hydrogens (tertiary/aromatic N) is 1. The summed E-state index contributed by atoms with van der Waals surface area (Å²) in [6, 6.07) is 3.83. The summed E-state index contributed by atoms with van der Waals surface area (Å²) in [7, 11) is 0. The van der Waals surface area contributed by atoms with Crippen LogP contribution in [0.2, 0.25) is 0 Å². The predicted octanol–water partition coefficient (Wildman–Crippen LogP) is 1.26. The minimum Gasteiger partial charge on any atom is -0.348 e. The lowest BCUT2D eigenvalue weighted by Crippen LogP contribution is -2.35. The summed E-state index contributed by atoms with van der Waals surface area (Å²) in [5, 5.41) is 5.98. The molecule has 1 rings (SSSR count). The van der Waals surface area contributed by atoms with Gasteiger partial charge < -0.3 is 10.6 Å². The second kappa shape index (κ2) is 6.95. The van der Waals surface area contributed by atoms with Crippen LogP contribution in [0.4, 0.5) is 0 Å². The Morgan fingerprint density at radius 1 is 1.56 bits per heavy atom. The van der Waals surface area contributed by atoms with Crippen LogP contribution in [0.25, 0.3) is 0 Å². The van der Waals surface area contributed by atoms with Gasteiger partial charge in [-0.05, 0) is 31.5 Å². The number of carbonyl (C=O) groups excluding carboxylic acids is 1. The molecule has 4 heteroatoms. The van der Waals surface area contributed by atoms with Gasteiger partial charge in [-0.25, -0.2) is 0 Å². The molecule has 0 saturated carbocycles. The second-order valence-corrected chi connectivity index (χ2v) is 3.75. The van der Waals surface area contributed by atoms with E-state index in [2.05, 4.69) is 22.5 Å². The van der Waals surface area contributed by atoms with Crippen LogP contribution in [0, 0.1) is 0 Å². The van der Waals surface area contributed by atoms with Gasteiger partial charge in [0.05, 0.1) is 12.6 Å². The van der Waals surface area contributed by atoms with E-state index >= 15 is 0 Å². The lowest BCUT2D eigenvalue weighted by molar-refractivity contribution is -0.120. The first-order valence-electron chi connectivity index (χ1n) is 5.64. The van der Waals surface area contributed by atoms with Gasteiger partial charge in [0.25, 0.3) is 0 Å². The molecule has 2 N–H and O–H groups in total. The lowest BCUT2D eigenvalue weighted by Gasteiger charge is -2.13. The third-order valence-corrected chi connectivity index (χ3v) is 2.27. The summed E-state index contributed by atoms with van der Waals surface area (Å²) in [4.78, 5) is 15.5. The lowest BCUT2D eigenvalue weighted by atomic mass is 10.1. The molecule has 0 aliphatic heterocycles. The molecule has 1 aromatic rings. The summed E-state index contributed by atoms with van der Waals surface area (Å²) < 4.78 is 0. The van der Waals surface area contributed by atoms with Crippen molar-refractivity contribution in [1.29, 1.82) is 0 Å². The molecule has 0 aliphatic carbocycles. The van der Waals surface area contributed by atoms with Gasteiger partial charge in [0, 0.05) is 12.4 Å². The Bertz CT molecular complexity index is 313. The van der Waals surface area contributed by atoms with Gasteiger partial charge in [0.15, 0.2) is 0 Å². The van der Waals surface area contributed by atoms with Gasteiger partial charge in [-0.2, -0.15) is 0 Å². The Morgan fingerprint density at radius 2 is 2.38 bits per heavy atom. The molecule has 88 valence electrons. The van der Waals surface area contributed by atoms with Crippen molar-refractivity contribution >= 4 is 5.91 Å². The highest BCUT2D eigenvalue weighted by atomic mass is 16.1. The molecule has 0 saturated heterocycles. The molecule has 1 amide bonds. The molecule has 0 spiro atoms. The molecule has 1 heterocycles. The number of rotatable bonds is 6. The van der Waals surface area contributed by atoms with Crippen molar-refractivity contribution in [2.45, 2.75) is 26.3 Å². The normalized spacial score (nSPS) is 12.1. The largest absolute Gasteiger partial charge is 0.348 e. The van der Waals surface area contributed by atoms with Crippen LogP contribution in [-0.4, -0.2) is 24.0 Å². The van der Waals surface area contributed by atoms with Gasteiger partial charge >= 0.3 is 0 Å². The molecule has 0 aliphatic rings. The SMILES string of the molecule is CCCNCC(=O)N[C@@H](C)c1cccnc1. The van der Waals surface area contributed by atoms with Gasteiger partial charge in [-0.1, -0.05) is 13.0 Å². The summed E-state index contributed by atoms with van der Waals surface area (Å²) in [6.45, 7) is 5.27. The zero-order valence-corrected chi connectivity index (χ0v) is 9.86. The summed E-state index contributed by atoms with van der Waals surface area (Å²) in [6.07, 6.45) is 4.52. The molecule has 16 heavy (non-hydrogen) atoms. The average Bonchev–Trinajstić information content (AvgIpc) is 2.30. The van der Waals surface area contributed by atoms with Gasteiger partial charge in [-0.15, -0.1) is 0 Å². The summed E-state index contributed by atoms with van der Waals surface area (Å²) >= 11 is 0. The minimum atomic E-state index is 0.00428. The Labute approximate surface area is 96.5 Å². The average molecular weight is 221 g/mol. The predicted molar refractivity (Wildman–Crippen MR) is 64.0 cm³/mol. The van der Waals surface area contributed by atoms with Crippen LogP contribution < -0.4 is 10.6 Å². The van der Waals surface area contributed by atoms with Gasteiger partial charge in [-0.3, -0.25) is 9.78 Å². The molecular formula is C12H19N3O. The molecular weight excluding hydrogens is 202 g/mol. The van der Waals surface area contributed by atoms with Crippen LogP contribution >= 0.6 is 0 Å². The fourth-order valence-corrected chi connectivity index (χ4v) is 1.39. The second-order valence-electron chi connectivity index (χ2n) is 3.75. The van der Waals surface area contributed by atoms with E-state index in [0.717, 1.165) is 18.5 Å². The zero-order chi connectivity index (χ0) is 11.8. The minimum absolute atomic E-state index is 0.00428. The fraction of sp³-hybridized carbons (Fsp3) is 0.500. The zero-order valence-electron chi connectivity index (χ0n) is 9.86. The van der Waals surface area contributed by atoms with E-state index in [1.165, 1.54) is 0 Å². The van der Waals surface area contributed by atoms with Crippen molar-refractivity contribution in [3.63, 3.8) is 0 Å². The number of amides is 1. The van der Waals surface area contributed by atoms with E-state index < -0.39 is 0 Å². The highest BCUT2D eigenvalue weighted by molar-refractivity contribution is 5.78. The van der Waals surface area contributed by atoms with Crippen molar-refractivity contribution < 1.29 is 4.79 Å². The standard InChI is InChI=1S/C12H19N3O/c1-3-6-13-9-12(16)15-10(2)11-5-4-7-14-8-11/h4-5,7-8,10,13H,3,6,9H2,1-2H3,(H,15,16)/t10-/m0/s1. The Kier molecular flexibility index (Phi) is 5.50. The quantitative estimate of drug-likeness (QED) is 0.711. The molecule has 4 nitrogen and oxygen atoms in total. The number of hydrogen-bond donors (Lipinski definition) is 2. The number of nitrogens with one attached hydrogen (secondary N) is 2. The first kappa shape index (κ1) is 12.6. The smallest absolute Gasteiger partial charge is 0.234 e. The van der Waals surface area contributed by atoms with Gasteiger partial charge in [0.2, 0.25) is 5.91 Å². The Balaban J connectivity index is 2.34. The van der Waals surface area contributed by atoms with Crippen LogP contribution in [0.3, 0.4) is 0 Å². The van der Waals surface area contributed by atoms with Crippen molar-refractivity contribution in [3.8, 4) is 0 Å². The molecule has 0 radical (unpaired) electrons. The monoisotopic (exact) mass is 221 g/mol. The molecule has 0 unspecified atom stereocenters. The first-order chi connectivity index (χ1) is 7.74. The maximum absolute atomic E-state index is 11.5. The third-order valence-electron chi connectivity index (χ3n) is 2.27.